The third-order valence-corrected chi connectivity index (χ3v) is 5.02. The average Bonchev–Trinajstić information content (AvgIpc) is 2.93. The highest BCUT2D eigenvalue weighted by Crippen LogP contribution is 2.24. The predicted molar refractivity (Wildman–Crippen MR) is 89.6 cm³/mol. The molecule has 0 radical (unpaired) electrons. The second-order valence-corrected chi connectivity index (χ2v) is 7.87. The molecule has 2 atom stereocenters. The zero-order valence-corrected chi connectivity index (χ0v) is 14.4. The number of hydrogen-bond donors (Lipinski definition) is 1. The van der Waals surface area contributed by atoms with E-state index in [2.05, 4.69) is 31.0 Å². The van der Waals surface area contributed by atoms with E-state index in [1.54, 1.807) is 0 Å². The van der Waals surface area contributed by atoms with E-state index in [1.165, 1.54) is 51.9 Å². The molecule has 0 aromatic rings. The van der Waals surface area contributed by atoms with Crippen molar-refractivity contribution in [1.82, 2.24) is 10.2 Å². The second kappa shape index (κ2) is 9.12. The number of hydrogen-bond acceptors (Lipinski definition) is 3. The molecule has 0 amide bonds. The monoisotopic (exact) mass is 296 g/mol. The standard InChI is InChI=1S/C18H36N2O/c1-15(2)13-20-7-4-17(5-8-20)10-16(3)11-19-12-18-6-9-21-14-18/h15-19H,4-14H2,1-3H3/t16-,18?/m1/s1. The van der Waals surface area contributed by atoms with Crippen LogP contribution in [-0.2, 0) is 4.74 Å². The molecular weight excluding hydrogens is 260 g/mol. The van der Waals surface area contributed by atoms with Crippen LogP contribution in [0.3, 0.4) is 0 Å². The van der Waals surface area contributed by atoms with E-state index >= 15 is 0 Å². The van der Waals surface area contributed by atoms with E-state index in [9.17, 15) is 0 Å². The molecule has 0 aromatic carbocycles. The van der Waals surface area contributed by atoms with E-state index in [0.29, 0.717) is 0 Å². The van der Waals surface area contributed by atoms with Crippen molar-refractivity contribution in [2.24, 2.45) is 23.7 Å². The van der Waals surface area contributed by atoms with Crippen LogP contribution in [0.1, 0.15) is 46.5 Å². The van der Waals surface area contributed by atoms with E-state index in [-0.39, 0.29) is 0 Å². The summed E-state index contributed by atoms with van der Waals surface area (Å²) in [5.41, 5.74) is 0. The first-order valence-corrected chi connectivity index (χ1v) is 9.14. The van der Waals surface area contributed by atoms with Crippen LogP contribution in [0.4, 0.5) is 0 Å². The van der Waals surface area contributed by atoms with Gasteiger partial charge in [0.25, 0.3) is 0 Å². The predicted octanol–water partition coefficient (Wildman–Crippen LogP) is 3.01. The van der Waals surface area contributed by atoms with Crippen LogP contribution in [-0.4, -0.2) is 50.8 Å². The zero-order valence-electron chi connectivity index (χ0n) is 14.4. The van der Waals surface area contributed by atoms with Crippen LogP contribution in [0.25, 0.3) is 0 Å². The van der Waals surface area contributed by atoms with Gasteiger partial charge in [-0.3, -0.25) is 0 Å². The Labute approximate surface area is 131 Å². The summed E-state index contributed by atoms with van der Waals surface area (Å²) in [4.78, 5) is 2.66. The molecule has 0 aliphatic carbocycles. The molecule has 0 aromatic heterocycles. The average molecular weight is 296 g/mol. The summed E-state index contributed by atoms with van der Waals surface area (Å²) in [5, 5.41) is 3.66. The molecular formula is C18H36N2O. The molecule has 2 rings (SSSR count). The van der Waals surface area contributed by atoms with Gasteiger partial charge in [0, 0.05) is 19.7 Å². The van der Waals surface area contributed by atoms with Gasteiger partial charge in [0.1, 0.15) is 0 Å². The van der Waals surface area contributed by atoms with Gasteiger partial charge in [-0.1, -0.05) is 20.8 Å². The topological polar surface area (TPSA) is 24.5 Å². The Hall–Kier alpha value is -0.120. The smallest absolute Gasteiger partial charge is 0.0507 e. The molecule has 0 saturated carbocycles. The van der Waals surface area contributed by atoms with E-state index in [0.717, 1.165) is 43.4 Å². The van der Waals surface area contributed by atoms with Gasteiger partial charge < -0.3 is 15.0 Å². The molecule has 2 saturated heterocycles. The van der Waals surface area contributed by atoms with E-state index in [1.807, 2.05) is 0 Å². The fourth-order valence-electron chi connectivity index (χ4n) is 3.85. The lowest BCUT2D eigenvalue weighted by Crippen LogP contribution is -2.37. The van der Waals surface area contributed by atoms with Gasteiger partial charge in [-0.15, -0.1) is 0 Å². The van der Waals surface area contributed by atoms with Gasteiger partial charge in [-0.25, -0.2) is 0 Å². The third kappa shape index (κ3) is 6.66. The maximum atomic E-state index is 5.43. The molecule has 3 heteroatoms. The third-order valence-electron chi connectivity index (χ3n) is 5.02. The molecule has 124 valence electrons. The summed E-state index contributed by atoms with van der Waals surface area (Å²) >= 11 is 0. The first kappa shape index (κ1) is 17.2. The maximum absolute atomic E-state index is 5.43. The van der Waals surface area contributed by atoms with Crippen LogP contribution < -0.4 is 5.32 Å². The summed E-state index contributed by atoms with van der Waals surface area (Å²) < 4.78 is 5.43. The van der Waals surface area contributed by atoms with Crippen molar-refractivity contribution in [1.29, 1.82) is 0 Å². The molecule has 3 nitrogen and oxygen atoms in total. The number of nitrogens with one attached hydrogen (secondary N) is 1. The molecule has 21 heavy (non-hydrogen) atoms. The molecule has 2 aliphatic rings. The molecule has 1 N–H and O–H groups in total. The minimum atomic E-state index is 0.761. The van der Waals surface area contributed by atoms with Crippen molar-refractivity contribution >= 4 is 0 Å². The number of ether oxygens (including phenoxy) is 1. The summed E-state index contributed by atoms with van der Waals surface area (Å²) in [5.74, 6) is 3.34. The van der Waals surface area contributed by atoms with Crippen molar-refractivity contribution in [3.8, 4) is 0 Å². The van der Waals surface area contributed by atoms with Gasteiger partial charge in [-0.05, 0) is 69.0 Å². The first-order chi connectivity index (χ1) is 10.1. The van der Waals surface area contributed by atoms with Crippen LogP contribution in [0.5, 0.6) is 0 Å². The zero-order chi connectivity index (χ0) is 15.1. The van der Waals surface area contributed by atoms with Crippen molar-refractivity contribution in [2.45, 2.75) is 46.5 Å². The molecule has 2 aliphatic heterocycles. The highest BCUT2D eigenvalue weighted by Gasteiger charge is 2.21. The van der Waals surface area contributed by atoms with Crippen LogP contribution in [0.15, 0.2) is 0 Å². The Morgan fingerprint density at radius 1 is 1.10 bits per heavy atom. The van der Waals surface area contributed by atoms with Crippen molar-refractivity contribution < 1.29 is 4.74 Å². The summed E-state index contributed by atoms with van der Waals surface area (Å²) in [6.07, 6.45) is 5.47. The van der Waals surface area contributed by atoms with Gasteiger partial charge in [0.05, 0.1) is 6.61 Å². The minimum Gasteiger partial charge on any atom is -0.381 e. The van der Waals surface area contributed by atoms with Gasteiger partial charge in [0.2, 0.25) is 0 Å². The SMILES string of the molecule is CC(C)CN1CCC(C[C@@H](C)CNCC2CCOC2)CC1. The first-order valence-electron chi connectivity index (χ1n) is 9.14. The normalized spacial score (nSPS) is 26.6. The Bertz CT molecular complexity index is 268. The lowest BCUT2D eigenvalue weighted by Gasteiger charge is -2.34. The Balaban J connectivity index is 1.53. The number of rotatable bonds is 8. The number of likely N-dealkylation sites (tertiary alicyclic amines) is 1. The van der Waals surface area contributed by atoms with Gasteiger partial charge in [-0.2, -0.15) is 0 Å². The van der Waals surface area contributed by atoms with Crippen LogP contribution >= 0.6 is 0 Å². The fraction of sp³-hybridized carbons (Fsp3) is 1.00. The maximum Gasteiger partial charge on any atom is 0.0507 e. The molecule has 1 unspecified atom stereocenters. The summed E-state index contributed by atoms with van der Waals surface area (Å²) in [7, 11) is 0. The van der Waals surface area contributed by atoms with Gasteiger partial charge in [0.15, 0.2) is 0 Å². The lowest BCUT2D eigenvalue weighted by molar-refractivity contribution is 0.154. The summed E-state index contributed by atoms with van der Waals surface area (Å²) in [6.45, 7) is 15.3. The molecule has 2 fully saturated rings. The Kier molecular flexibility index (Phi) is 7.48. The van der Waals surface area contributed by atoms with E-state index in [4.69, 9.17) is 4.74 Å². The fourth-order valence-corrected chi connectivity index (χ4v) is 3.85. The van der Waals surface area contributed by atoms with Gasteiger partial charge >= 0.3 is 0 Å². The minimum absolute atomic E-state index is 0.761. The number of nitrogens with zero attached hydrogens (tertiary/aromatic N) is 1. The highest BCUT2D eigenvalue weighted by atomic mass is 16.5. The second-order valence-electron chi connectivity index (χ2n) is 7.87. The van der Waals surface area contributed by atoms with Crippen molar-refractivity contribution in [3.63, 3.8) is 0 Å². The lowest BCUT2D eigenvalue weighted by atomic mass is 9.87. The molecule has 0 bridgehead atoms. The molecule has 0 spiro atoms. The van der Waals surface area contributed by atoms with Crippen LogP contribution in [0, 0.1) is 23.7 Å². The Morgan fingerprint density at radius 2 is 1.86 bits per heavy atom. The van der Waals surface area contributed by atoms with Crippen LogP contribution in [0.2, 0.25) is 0 Å². The van der Waals surface area contributed by atoms with Crippen molar-refractivity contribution in [3.05, 3.63) is 0 Å². The largest absolute Gasteiger partial charge is 0.381 e. The highest BCUT2D eigenvalue weighted by molar-refractivity contribution is 4.75. The van der Waals surface area contributed by atoms with Crippen molar-refractivity contribution in [2.75, 3.05) is 45.9 Å². The van der Waals surface area contributed by atoms with E-state index < -0.39 is 0 Å². The Morgan fingerprint density at radius 3 is 2.48 bits per heavy atom. The number of piperidine rings is 1. The molecule has 2 heterocycles. The summed E-state index contributed by atoms with van der Waals surface area (Å²) in [6, 6.07) is 0. The quantitative estimate of drug-likeness (QED) is 0.745.